The highest BCUT2D eigenvalue weighted by Gasteiger charge is 2.54. The fourth-order valence-corrected chi connectivity index (χ4v) is 18.3. The Bertz CT molecular complexity index is 4740. The van der Waals surface area contributed by atoms with Crippen LogP contribution in [0.2, 0.25) is 0 Å². The molecule has 4 aliphatic carbocycles. The summed E-state index contributed by atoms with van der Waals surface area (Å²) >= 11 is 0. The van der Waals surface area contributed by atoms with Crippen LogP contribution in [0.1, 0.15) is 81.3 Å². The number of nitrogens with zero attached hydrogens (tertiary/aromatic N) is 2. The molecule has 2 aliphatic heterocycles. The molecule has 13 aromatic rings. The van der Waals surface area contributed by atoms with Crippen molar-refractivity contribution in [1.82, 2.24) is 0 Å². The Morgan fingerprint density at radius 1 is 0.247 bits per heavy atom. The normalized spacial score (nSPS) is 15.9. The Hall–Kier alpha value is -10.0. The van der Waals surface area contributed by atoms with Gasteiger partial charge in [0.15, 0.2) is 0 Å². The lowest BCUT2D eigenvalue weighted by Gasteiger charge is -2.44. The fourth-order valence-electron chi connectivity index (χ4n) is 18.3. The zero-order valence-corrected chi connectivity index (χ0v) is 47.6. The van der Waals surface area contributed by atoms with E-state index in [0.717, 1.165) is 0 Å². The van der Waals surface area contributed by atoms with Crippen LogP contribution >= 0.6 is 0 Å². The van der Waals surface area contributed by atoms with Gasteiger partial charge in [-0.3, -0.25) is 0 Å². The molecule has 13 aromatic carbocycles. The molecule has 2 heteroatoms. The van der Waals surface area contributed by atoms with Crippen molar-refractivity contribution in [3.8, 4) is 66.8 Å². The molecule has 400 valence electrons. The van der Waals surface area contributed by atoms with Crippen LogP contribution in [0.15, 0.2) is 267 Å². The van der Waals surface area contributed by atoms with Crippen molar-refractivity contribution in [2.45, 2.75) is 41.9 Å². The molecule has 0 N–H and O–H groups in total. The largest absolute Gasteiger partial charge is 0.344 e. The summed E-state index contributed by atoms with van der Waals surface area (Å²) in [6.07, 6.45) is 4.87. The second-order valence-corrected chi connectivity index (χ2v) is 24.9. The molecule has 0 saturated heterocycles. The molecule has 0 radical (unpaired) electrons. The lowest BCUT2D eigenvalue weighted by Crippen LogP contribution is -2.36. The molecular formula is C83H58N2. The highest BCUT2D eigenvalue weighted by Crippen LogP contribution is 2.67. The molecule has 0 atom stereocenters. The predicted molar refractivity (Wildman–Crippen MR) is 353 cm³/mol. The molecule has 1 fully saturated rings. The maximum absolute atomic E-state index is 2.59. The summed E-state index contributed by atoms with van der Waals surface area (Å²) in [6, 6.07) is 103. The van der Waals surface area contributed by atoms with Crippen LogP contribution < -0.4 is 9.80 Å². The number of para-hydroxylation sites is 4. The SMILES string of the molecule is CN1c2ccccc2C2(c3ccccc3-c3ccccc32)c2cccc(-c3cccc4c(-c5cccc6c5-c5ccccc5C65CCCC5)c5cccc(-c6cccc7c6N(C)c6ccccc6C76c7ccccc7-c7ccccc76)c5cc34)c21. The summed E-state index contributed by atoms with van der Waals surface area (Å²) in [5, 5.41) is 5.03. The van der Waals surface area contributed by atoms with Crippen LogP contribution in [0.4, 0.5) is 22.7 Å². The minimum absolute atomic E-state index is 0.0213. The number of benzene rings is 13. The van der Waals surface area contributed by atoms with Gasteiger partial charge in [-0.25, -0.2) is 0 Å². The Morgan fingerprint density at radius 3 is 1.04 bits per heavy atom. The van der Waals surface area contributed by atoms with Gasteiger partial charge in [0.2, 0.25) is 0 Å². The van der Waals surface area contributed by atoms with Gasteiger partial charge in [-0.1, -0.05) is 262 Å². The molecule has 6 aliphatic rings. The summed E-state index contributed by atoms with van der Waals surface area (Å²) in [7, 11) is 4.60. The van der Waals surface area contributed by atoms with Gasteiger partial charge < -0.3 is 9.80 Å². The van der Waals surface area contributed by atoms with E-state index in [-0.39, 0.29) is 5.41 Å². The maximum Gasteiger partial charge on any atom is 0.0754 e. The van der Waals surface area contributed by atoms with Crippen LogP contribution in [-0.2, 0) is 16.2 Å². The van der Waals surface area contributed by atoms with Crippen LogP contribution in [-0.4, -0.2) is 14.1 Å². The minimum atomic E-state index is -0.528. The van der Waals surface area contributed by atoms with E-state index in [1.807, 2.05) is 0 Å². The van der Waals surface area contributed by atoms with Gasteiger partial charge in [0, 0.05) is 42.0 Å². The average Bonchev–Trinajstić information content (AvgIpc) is 2.29. The summed E-state index contributed by atoms with van der Waals surface area (Å²) in [5.41, 5.74) is 33.1. The monoisotopic (exact) mass is 1080 g/mol. The van der Waals surface area contributed by atoms with E-state index in [1.54, 1.807) is 0 Å². The average molecular weight is 1080 g/mol. The van der Waals surface area contributed by atoms with Crippen LogP contribution in [0.3, 0.4) is 0 Å². The Labute approximate surface area is 496 Å². The van der Waals surface area contributed by atoms with Gasteiger partial charge in [0.05, 0.1) is 22.2 Å². The quantitative estimate of drug-likeness (QED) is 0.163. The van der Waals surface area contributed by atoms with E-state index in [0.29, 0.717) is 0 Å². The van der Waals surface area contributed by atoms with E-state index in [4.69, 9.17) is 0 Å². The van der Waals surface area contributed by atoms with E-state index in [1.165, 1.54) is 192 Å². The second-order valence-electron chi connectivity index (χ2n) is 24.9. The fraction of sp³-hybridized carbons (Fsp3) is 0.108. The number of anilines is 4. The van der Waals surface area contributed by atoms with Crippen molar-refractivity contribution in [3.63, 3.8) is 0 Å². The van der Waals surface area contributed by atoms with Crippen molar-refractivity contribution in [2.24, 2.45) is 0 Å². The van der Waals surface area contributed by atoms with E-state index >= 15 is 0 Å². The molecule has 0 bridgehead atoms. The third-order valence-electron chi connectivity index (χ3n) is 21.4. The lowest BCUT2D eigenvalue weighted by atomic mass is 9.64. The van der Waals surface area contributed by atoms with Crippen LogP contribution in [0.25, 0.3) is 88.3 Å². The zero-order valence-electron chi connectivity index (χ0n) is 47.6. The van der Waals surface area contributed by atoms with Crippen LogP contribution in [0.5, 0.6) is 0 Å². The molecule has 1 saturated carbocycles. The van der Waals surface area contributed by atoms with E-state index in [9.17, 15) is 0 Å². The first-order valence-electron chi connectivity index (χ1n) is 30.6. The number of hydrogen-bond acceptors (Lipinski definition) is 2. The van der Waals surface area contributed by atoms with Gasteiger partial charge in [0.25, 0.3) is 0 Å². The topological polar surface area (TPSA) is 6.48 Å². The van der Waals surface area contributed by atoms with E-state index in [2.05, 4.69) is 291 Å². The smallest absolute Gasteiger partial charge is 0.0754 e. The standard InChI is InChI=1S/C83H58N2/c1-84-75-46-15-13-41-70(75)82(66-37-9-3-24-53(66)54-25-4-10-38-67(54)82)73-44-21-33-59(79(73)84)51-29-19-31-57-63(51)50-64-52(30-20-32-58(64)77(57)62-35-23-43-72-78(62)61-28-7-8-36-65(61)81(72)48-17-18-49-81)60-34-22-45-74-80(60)85(2)76-47-16-14-42-71(76)83(74)68-39-11-5-26-55(68)56-27-6-12-40-69(56)83/h3-16,19-47,50H,17-18,48-49H2,1-2H3. The first kappa shape index (κ1) is 47.5. The Kier molecular flexibility index (Phi) is 9.53. The minimum Gasteiger partial charge on any atom is -0.344 e. The number of hydrogen-bond donors (Lipinski definition) is 0. The summed E-state index contributed by atoms with van der Waals surface area (Å²) in [5.74, 6) is 0. The summed E-state index contributed by atoms with van der Waals surface area (Å²) < 4.78 is 0. The molecular weight excluding hydrogens is 1020 g/mol. The predicted octanol–water partition coefficient (Wildman–Crippen LogP) is 20.7. The molecule has 0 unspecified atom stereocenters. The summed E-state index contributed by atoms with van der Waals surface area (Å²) in [6.45, 7) is 0. The first-order valence-corrected chi connectivity index (χ1v) is 30.6. The molecule has 3 spiro atoms. The third kappa shape index (κ3) is 5.76. The molecule has 2 nitrogen and oxygen atoms in total. The molecule has 0 aromatic heterocycles. The van der Waals surface area contributed by atoms with Gasteiger partial charge in [-0.05, 0) is 164 Å². The Balaban J connectivity index is 0.934. The van der Waals surface area contributed by atoms with Crippen molar-refractivity contribution in [3.05, 3.63) is 323 Å². The third-order valence-corrected chi connectivity index (χ3v) is 21.4. The van der Waals surface area contributed by atoms with Gasteiger partial charge in [-0.2, -0.15) is 0 Å². The highest BCUT2D eigenvalue weighted by atomic mass is 15.1. The Morgan fingerprint density at radius 2 is 0.576 bits per heavy atom. The van der Waals surface area contributed by atoms with Gasteiger partial charge in [-0.15, -0.1) is 0 Å². The van der Waals surface area contributed by atoms with Crippen LogP contribution in [0, 0.1) is 0 Å². The zero-order chi connectivity index (χ0) is 55.9. The highest BCUT2D eigenvalue weighted by molar-refractivity contribution is 6.22. The van der Waals surface area contributed by atoms with Crippen molar-refractivity contribution < 1.29 is 0 Å². The molecule has 0 amide bonds. The second kappa shape index (κ2) is 17.1. The maximum atomic E-state index is 2.59. The van der Waals surface area contributed by atoms with E-state index < -0.39 is 10.8 Å². The lowest BCUT2D eigenvalue weighted by molar-refractivity contribution is 0.550. The van der Waals surface area contributed by atoms with Crippen molar-refractivity contribution >= 4 is 44.3 Å². The van der Waals surface area contributed by atoms with Gasteiger partial charge in [0.1, 0.15) is 0 Å². The molecule has 19 rings (SSSR count). The number of rotatable bonds is 3. The van der Waals surface area contributed by atoms with Gasteiger partial charge >= 0.3 is 0 Å². The first-order chi connectivity index (χ1) is 42.0. The molecule has 2 heterocycles. The molecule has 85 heavy (non-hydrogen) atoms. The summed E-state index contributed by atoms with van der Waals surface area (Å²) in [4.78, 5) is 5.00. The van der Waals surface area contributed by atoms with Crippen molar-refractivity contribution in [1.29, 1.82) is 0 Å². The number of fused-ring (bicyclic) bond motifs is 25. The van der Waals surface area contributed by atoms with Crippen molar-refractivity contribution in [2.75, 3.05) is 23.9 Å².